The lowest BCUT2D eigenvalue weighted by atomic mass is 10.1. The zero-order chi connectivity index (χ0) is 19.7. The summed E-state index contributed by atoms with van der Waals surface area (Å²) in [6.45, 7) is 0. The number of benzene rings is 2. The molecule has 9 heteroatoms. The first-order valence-electron chi connectivity index (χ1n) is 8.15. The van der Waals surface area contributed by atoms with E-state index in [0.717, 1.165) is 5.69 Å². The van der Waals surface area contributed by atoms with Gasteiger partial charge in [-0.15, -0.1) is 0 Å². The number of nitrogens with one attached hydrogen (secondary N) is 2. The lowest BCUT2D eigenvalue weighted by molar-refractivity contribution is -0.140. The maximum absolute atomic E-state index is 14.1. The van der Waals surface area contributed by atoms with Gasteiger partial charge in [0, 0.05) is 17.3 Å². The average molecular weight is 396 g/mol. The number of amides is 1. The van der Waals surface area contributed by atoms with Crippen molar-refractivity contribution in [2.75, 3.05) is 0 Å². The molecule has 0 aliphatic carbocycles. The molecule has 0 bridgehead atoms. The molecule has 4 rings (SSSR count). The molecule has 3 aromatic rings. The van der Waals surface area contributed by atoms with Crippen molar-refractivity contribution in [1.82, 2.24) is 20.4 Å². The Morgan fingerprint density at radius 3 is 2.61 bits per heavy atom. The van der Waals surface area contributed by atoms with E-state index in [9.17, 15) is 9.18 Å². The molecule has 0 atom stereocenters. The van der Waals surface area contributed by atoms with Crippen LogP contribution in [-0.4, -0.2) is 26.1 Å². The third-order valence-electron chi connectivity index (χ3n) is 4.09. The van der Waals surface area contributed by atoms with E-state index < -0.39 is 5.82 Å². The van der Waals surface area contributed by atoms with Crippen LogP contribution in [0.2, 0.25) is 0 Å². The summed E-state index contributed by atoms with van der Waals surface area (Å²) in [5, 5.41) is 18.7. The highest BCUT2D eigenvalue weighted by Gasteiger charge is 2.22. The summed E-state index contributed by atoms with van der Waals surface area (Å²) in [6.07, 6.45) is 3.31. The predicted octanol–water partition coefficient (Wildman–Crippen LogP) is 2.88. The number of halogens is 1. The first-order chi connectivity index (χ1) is 13.5. The van der Waals surface area contributed by atoms with Gasteiger partial charge in [0.15, 0.2) is 10.9 Å². The Bertz CT molecular complexity index is 1110. The number of carbonyl (C=O) groups excluding carboxylic acids is 1. The van der Waals surface area contributed by atoms with Crippen LogP contribution in [0.4, 0.5) is 4.39 Å². The molecule has 0 unspecified atom stereocenters. The first-order valence-corrected chi connectivity index (χ1v) is 8.56. The van der Waals surface area contributed by atoms with Crippen LogP contribution in [-0.2, 0) is 4.79 Å². The minimum absolute atomic E-state index is 0.212. The monoisotopic (exact) mass is 396 g/mol. The zero-order valence-corrected chi connectivity index (χ0v) is 15.0. The van der Waals surface area contributed by atoms with Crippen molar-refractivity contribution in [3.8, 4) is 22.7 Å². The Labute approximate surface area is 164 Å². The van der Waals surface area contributed by atoms with E-state index in [1.54, 1.807) is 23.0 Å². The fourth-order valence-corrected chi connectivity index (χ4v) is 2.99. The van der Waals surface area contributed by atoms with Crippen LogP contribution in [0, 0.1) is 5.82 Å². The van der Waals surface area contributed by atoms with Gasteiger partial charge in [-0.3, -0.25) is 10.1 Å². The Morgan fingerprint density at radius 1 is 1.18 bits per heavy atom. The fraction of sp³-hybridized carbons (Fsp3) is 0. The Hall–Kier alpha value is -3.56. The minimum Gasteiger partial charge on any atom is -0.337 e. The number of para-hydroxylation sites is 1. The number of nitrogens with zero attached hydrogens (tertiary/aromatic N) is 2. The van der Waals surface area contributed by atoms with Crippen LogP contribution >= 0.6 is 12.2 Å². The molecule has 2 aromatic carbocycles. The molecule has 1 saturated heterocycles. The van der Waals surface area contributed by atoms with E-state index in [2.05, 4.69) is 20.6 Å². The second-order valence-electron chi connectivity index (χ2n) is 5.92. The summed E-state index contributed by atoms with van der Waals surface area (Å²) in [5.41, 5.74) is 2.51. The molecule has 1 aliphatic heterocycles. The van der Waals surface area contributed by atoms with Crippen molar-refractivity contribution in [3.63, 3.8) is 0 Å². The van der Waals surface area contributed by atoms with Gasteiger partial charge in [-0.05, 0) is 48.6 Å². The largest absolute Gasteiger partial charge is 0.337 e. The zero-order valence-electron chi connectivity index (χ0n) is 14.2. The maximum atomic E-state index is 14.1. The molecule has 7 nitrogen and oxygen atoms in total. The van der Waals surface area contributed by atoms with Crippen molar-refractivity contribution in [2.45, 2.75) is 0 Å². The smallest absolute Gasteiger partial charge is 0.273 e. The molecule has 1 fully saturated rings. The molecular weight excluding hydrogens is 383 g/mol. The number of thiocarbonyl (C=S) groups is 1. The van der Waals surface area contributed by atoms with Crippen LogP contribution < -0.4 is 15.5 Å². The fourth-order valence-electron chi connectivity index (χ4n) is 2.79. The van der Waals surface area contributed by atoms with Crippen LogP contribution in [0.5, 0.6) is 5.75 Å². The summed E-state index contributed by atoms with van der Waals surface area (Å²) in [4.78, 5) is 16.0. The van der Waals surface area contributed by atoms with Crippen LogP contribution in [0.25, 0.3) is 23.0 Å². The van der Waals surface area contributed by atoms with Gasteiger partial charge in [-0.1, -0.05) is 18.2 Å². The summed E-state index contributed by atoms with van der Waals surface area (Å²) < 4.78 is 15.7. The quantitative estimate of drug-likeness (QED) is 0.272. The van der Waals surface area contributed by atoms with E-state index in [1.807, 2.05) is 30.3 Å². The Morgan fingerprint density at radius 2 is 1.96 bits per heavy atom. The van der Waals surface area contributed by atoms with Gasteiger partial charge in [-0.2, -0.15) is 5.10 Å². The van der Waals surface area contributed by atoms with Gasteiger partial charge in [-0.25, -0.2) is 14.3 Å². The van der Waals surface area contributed by atoms with Gasteiger partial charge in [0.05, 0.1) is 5.69 Å². The summed E-state index contributed by atoms with van der Waals surface area (Å²) in [6, 6.07) is 13.4. The van der Waals surface area contributed by atoms with Crippen molar-refractivity contribution in [2.24, 2.45) is 0 Å². The second-order valence-corrected chi connectivity index (χ2v) is 6.32. The van der Waals surface area contributed by atoms with Gasteiger partial charge in [0.2, 0.25) is 5.75 Å². The molecule has 2 heterocycles. The molecule has 28 heavy (non-hydrogen) atoms. The van der Waals surface area contributed by atoms with E-state index in [4.69, 9.17) is 17.5 Å². The van der Waals surface area contributed by atoms with Crippen LogP contribution in [0.1, 0.15) is 5.56 Å². The molecule has 140 valence electrons. The van der Waals surface area contributed by atoms with Gasteiger partial charge < -0.3 is 10.2 Å². The van der Waals surface area contributed by atoms with Gasteiger partial charge in [0.1, 0.15) is 11.4 Å². The van der Waals surface area contributed by atoms with E-state index in [1.165, 1.54) is 12.1 Å². The highest BCUT2D eigenvalue weighted by molar-refractivity contribution is 7.80. The third kappa shape index (κ3) is 3.36. The molecule has 0 saturated carbocycles. The maximum Gasteiger partial charge on any atom is 0.273 e. The average Bonchev–Trinajstić information content (AvgIpc) is 3.25. The van der Waals surface area contributed by atoms with Crippen molar-refractivity contribution in [3.05, 3.63) is 71.8 Å². The first kappa shape index (κ1) is 17.8. The normalized spacial score (nSPS) is 14.9. The summed E-state index contributed by atoms with van der Waals surface area (Å²) >= 11 is 4.95. The Balaban J connectivity index is 1.85. The molecule has 1 aromatic heterocycles. The topological polar surface area (TPSA) is 88.4 Å². The van der Waals surface area contributed by atoms with Crippen molar-refractivity contribution in [1.29, 1.82) is 0 Å². The summed E-state index contributed by atoms with van der Waals surface area (Å²) in [5.74, 6) is -1.40. The standard InChI is InChI=1S/C19H13FN4O3S/c20-14-8-11(6-7-16(14)27-26)17-12(9-15-18(25)22-19(28)21-15)10-24(23-17)13-4-2-1-3-5-13/h1-10,26H,(H2,21,22,25,28)/b15-9-. The number of hydrogen-bond acceptors (Lipinski definition) is 5. The van der Waals surface area contributed by atoms with Crippen molar-refractivity contribution < 1.29 is 19.3 Å². The number of aromatic nitrogens is 2. The Kier molecular flexibility index (Phi) is 4.60. The number of carbonyl (C=O) groups is 1. The number of hydrogen-bond donors (Lipinski definition) is 3. The predicted molar refractivity (Wildman–Crippen MR) is 104 cm³/mol. The highest BCUT2D eigenvalue weighted by Crippen LogP contribution is 2.29. The van der Waals surface area contributed by atoms with Crippen LogP contribution in [0.15, 0.2) is 60.4 Å². The highest BCUT2D eigenvalue weighted by atomic mass is 32.1. The molecule has 1 aliphatic rings. The molecule has 1 amide bonds. The van der Waals surface area contributed by atoms with Gasteiger partial charge in [0.25, 0.3) is 5.91 Å². The SMILES string of the molecule is O=C1NC(=S)N/C1=C\c1cn(-c2ccccc2)nc1-c1ccc(OO)c(F)c1. The lowest BCUT2D eigenvalue weighted by Gasteiger charge is -2.03. The minimum atomic E-state index is -0.745. The van der Waals surface area contributed by atoms with Crippen molar-refractivity contribution >= 4 is 29.3 Å². The molecule has 0 radical (unpaired) electrons. The van der Waals surface area contributed by atoms with E-state index >= 15 is 0 Å². The van der Waals surface area contributed by atoms with E-state index in [-0.39, 0.29) is 22.5 Å². The van der Waals surface area contributed by atoms with Gasteiger partial charge >= 0.3 is 0 Å². The molecule has 3 N–H and O–H groups in total. The summed E-state index contributed by atoms with van der Waals surface area (Å²) in [7, 11) is 0. The van der Waals surface area contributed by atoms with Crippen LogP contribution in [0.3, 0.4) is 0 Å². The number of rotatable bonds is 4. The molecule has 0 spiro atoms. The molecular formula is C19H13FN4O3S. The van der Waals surface area contributed by atoms with E-state index in [0.29, 0.717) is 16.8 Å². The lowest BCUT2D eigenvalue weighted by Crippen LogP contribution is -2.21. The second kappa shape index (κ2) is 7.22. The third-order valence-corrected chi connectivity index (χ3v) is 4.29.